The predicted octanol–water partition coefficient (Wildman–Crippen LogP) is 1.80. The fourth-order valence-corrected chi connectivity index (χ4v) is 4.60. The van der Waals surface area contributed by atoms with Crippen LogP contribution in [0.4, 0.5) is 0 Å². The number of aliphatic carboxylic acids is 1. The van der Waals surface area contributed by atoms with Gasteiger partial charge in [0, 0.05) is 5.56 Å². The molecule has 5 amide bonds. The van der Waals surface area contributed by atoms with Crippen molar-refractivity contribution in [2.24, 2.45) is 23.7 Å². The number of amides is 5. The standard InChI is InChI=1S/C33H51N5O8/c1-10-22(27(39)32(44)35-23(16-17(2)3)29(41)38-26(20(8)9)33(45)46)34-30(42)24(18(4)5)37-31(43)25(19(6)7)36-28(40)21-14-12-11-13-15-21/h11-15,17-20,22-26H,10,16H2,1-9H3,(H,34,42)(H,35,44)(H,36,40)(H,37,43)(H,38,41)(H,45,46)/t22-,23-,24+,25+,26+/m1/s1. The molecule has 0 saturated heterocycles. The number of hydrogen-bond acceptors (Lipinski definition) is 7. The van der Waals surface area contributed by atoms with Crippen molar-refractivity contribution in [1.82, 2.24) is 26.6 Å². The van der Waals surface area contributed by atoms with Gasteiger partial charge in [-0.1, -0.05) is 80.5 Å². The first-order valence-electron chi connectivity index (χ1n) is 15.8. The summed E-state index contributed by atoms with van der Waals surface area (Å²) < 4.78 is 0. The number of carbonyl (C=O) groups is 7. The zero-order valence-electron chi connectivity index (χ0n) is 28.3. The highest BCUT2D eigenvalue weighted by Gasteiger charge is 2.35. The first-order chi connectivity index (χ1) is 21.4. The number of carboxylic acids is 1. The van der Waals surface area contributed by atoms with E-state index >= 15 is 0 Å². The molecular formula is C33H51N5O8. The van der Waals surface area contributed by atoms with Crippen molar-refractivity contribution in [2.75, 3.05) is 0 Å². The molecule has 13 nitrogen and oxygen atoms in total. The average molecular weight is 646 g/mol. The number of carbonyl (C=O) groups excluding carboxylic acids is 6. The molecule has 0 bridgehead atoms. The van der Waals surface area contributed by atoms with Gasteiger partial charge in [-0.05, 0) is 48.6 Å². The van der Waals surface area contributed by atoms with Crippen LogP contribution in [0.5, 0.6) is 0 Å². The van der Waals surface area contributed by atoms with Crippen LogP contribution in [0, 0.1) is 23.7 Å². The monoisotopic (exact) mass is 645 g/mol. The van der Waals surface area contributed by atoms with E-state index in [1.54, 1.807) is 92.6 Å². The normalized spacial score (nSPS) is 14.5. The SMILES string of the molecule is CC[C@@H](NC(=O)[C@@H](NC(=O)[C@@H](NC(=O)c1ccccc1)C(C)C)C(C)C)C(=O)C(=O)N[C@H](CC(C)C)C(=O)N[C@H](C(=O)O)C(C)C. The van der Waals surface area contributed by atoms with Gasteiger partial charge in [0.2, 0.25) is 23.5 Å². The molecule has 0 radical (unpaired) electrons. The molecule has 0 aliphatic heterocycles. The number of benzene rings is 1. The lowest BCUT2D eigenvalue weighted by Gasteiger charge is -2.28. The van der Waals surface area contributed by atoms with E-state index in [-0.39, 0.29) is 24.7 Å². The van der Waals surface area contributed by atoms with Crippen LogP contribution in [0.1, 0.15) is 85.5 Å². The Bertz CT molecular complexity index is 1230. The number of hydrogen-bond donors (Lipinski definition) is 6. The molecule has 13 heteroatoms. The maximum absolute atomic E-state index is 13.4. The number of carboxylic acid groups (broad SMARTS) is 1. The van der Waals surface area contributed by atoms with Gasteiger partial charge in [-0.3, -0.25) is 28.8 Å². The second kappa shape index (κ2) is 18.6. The summed E-state index contributed by atoms with van der Waals surface area (Å²) in [5.41, 5.74) is 0.372. The van der Waals surface area contributed by atoms with Crippen LogP contribution in [0.15, 0.2) is 30.3 Å². The van der Waals surface area contributed by atoms with Gasteiger partial charge in [0.25, 0.3) is 11.8 Å². The molecule has 1 aromatic carbocycles. The Morgan fingerprint density at radius 1 is 0.609 bits per heavy atom. The summed E-state index contributed by atoms with van der Waals surface area (Å²) in [7, 11) is 0. The van der Waals surface area contributed by atoms with Gasteiger partial charge in [0.05, 0.1) is 6.04 Å². The largest absolute Gasteiger partial charge is 0.480 e. The molecule has 0 heterocycles. The van der Waals surface area contributed by atoms with Gasteiger partial charge in [0.15, 0.2) is 0 Å². The van der Waals surface area contributed by atoms with Gasteiger partial charge in [-0.2, -0.15) is 0 Å². The molecule has 1 aromatic rings. The number of ketones is 1. The lowest BCUT2D eigenvalue weighted by atomic mass is 9.98. The van der Waals surface area contributed by atoms with Crippen molar-refractivity contribution in [1.29, 1.82) is 0 Å². The van der Waals surface area contributed by atoms with E-state index in [2.05, 4.69) is 26.6 Å². The molecule has 46 heavy (non-hydrogen) atoms. The Kier molecular flexibility index (Phi) is 16.1. The summed E-state index contributed by atoms with van der Waals surface area (Å²) in [6.07, 6.45) is 0.172. The highest BCUT2D eigenvalue weighted by Crippen LogP contribution is 2.11. The minimum atomic E-state index is -1.27. The molecular weight excluding hydrogens is 594 g/mol. The quantitative estimate of drug-likeness (QED) is 0.130. The third-order valence-electron chi connectivity index (χ3n) is 7.34. The van der Waals surface area contributed by atoms with Crippen LogP contribution >= 0.6 is 0 Å². The average Bonchev–Trinajstić information content (AvgIpc) is 2.98. The molecule has 256 valence electrons. The molecule has 1 rings (SSSR count). The van der Waals surface area contributed by atoms with Crippen LogP contribution < -0.4 is 26.6 Å². The summed E-state index contributed by atoms with van der Waals surface area (Å²) in [4.78, 5) is 90.1. The van der Waals surface area contributed by atoms with Crippen LogP contribution in [-0.2, 0) is 28.8 Å². The van der Waals surface area contributed by atoms with Crippen LogP contribution in [0.25, 0.3) is 0 Å². The topological polar surface area (TPSA) is 200 Å². The van der Waals surface area contributed by atoms with Gasteiger partial charge >= 0.3 is 5.97 Å². The predicted molar refractivity (Wildman–Crippen MR) is 172 cm³/mol. The van der Waals surface area contributed by atoms with Crippen molar-refractivity contribution < 1.29 is 38.7 Å². The van der Waals surface area contributed by atoms with E-state index in [0.717, 1.165) is 0 Å². The van der Waals surface area contributed by atoms with E-state index in [0.29, 0.717) is 5.56 Å². The minimum absolute atomic E-state index is 0.0357. The number of Topliss-reactive ketones (excluding diaryl/α,β-unsaturated/α-hetero) is 1. The summed E-state index contributed by atoms with van der Waals surface area (Å²) in [5.74, 6) is -7.08. The molecule has 0 saturated carbocycles. The molecule has 6 N–H and O–H groups in total. The van der Waals surface area contributed by atoms with Crippen molar-refractivity contribution in [3.63, 3.8) is 0 Å². The smallest absolute Gasteiger partial charge is 0.326 e. The second-order valence-electron chi connectivity index (χ2n) is 12.8. The van der Waals surface area contributed by atoms with E-state index in [1.807, 2.05) is 0 Å². The fourth-order valence-electron chi connectivity index (χ4n) is 4.60. The lowest BCUT2D eigenvalue weighted by Crippen LogP contribution is -2.59. The van der Waals surface area contributed by atoms with Crippen molar-refractivity contribution >= 4 is 41.3 Å². The second-order valence-corrected chi connectivity index (χ2v) is 12.8. The van der Waals surface area contributed by atoms with Crippen molar-refractivity contribution in [3.8, 4) is 0 Å². The highest BCUT2D eigenvalue weighted by molar-refractivity contribution is 6.38. The number of rotatable bonds is 18. The van der Waals surface area contributed by atoms with Gasteiger partial charge < -0.3 is 31.7 Å². The van der Waals surface area contributed by atoms with E-state index in [4.69, 9.17) is 0 Å². The molecule has 0 aliphatic carbocycles. The van der Waals surface area contributed by atoms with Gasteiger partial charge in [0.1, 0.15) is 24.2 Å². The Labute approximate surface area is 271 Å². The third kappa shape index (κ3) is 12.2. The van der Waals surface area contributed by atoms with E-state index in [1.165, 1.54) is 0 Å². The molecule has 0 fully saturated rings. The Balaban J connectivity index is 3.04. The zero-order valence-corrected chi connectivity index (χ0v) is 28.3. The van der Waals surface area contributed by atoms with E-state index in [9.17, 15) is 38.7 Å². The maximum Gasteiger partial charge on any atom is 0.326 e. The van der Waals surface area contributed by atoms with E-state index < -0.39 is 83.3 Å². The van der Waals surface area contributed by atoms with Gasteiger partial charge in [-0.25, -0.2) is 4.79 Å². The highest BCUT2D eigenvalue weighted by atomic mass is 16.4. The Morgan fingerprint density at radius 2 is 1.09 bits per heavy atom. The third-order valence-corrected chi connectivity index (χ3v) is 7.34. The zero-order chi connectivity index (χ0) is 35.3. The van der Waals surface area contributed by atoms with Gasteiger partial charge in [-0.15, -0.1) is 0 Å². The minimum Gasteiger partial charge on any atom is -0.480 e. The van der Waals surface area contributed by atoms with Crippen molar-refractivity contribution in [3.05, 3.63) is 35.9 Å². The summed E-state index contributed by atoms with van der Waals surface area (Å²) in [5, 5.41) is 22.2. The van der Waals surface area contributed by atoms with Crippen LogP contribution in [0.2, 0.25) is 0 Å². The molecule has 5 atom stereocenters. The molecule has 0 aliphatic rings. The van der Waals surface area contributed by atoms with Crippen LogP contribution in [0.3, 0.4) is 0 Å². The number of nitrogens with one attached hydrogen (secondary N) is 5. The summed E-state index contributed by atoms with van der Waals surface area (Å²) in [6.45, 7) is 15.4. The summed E-state index contributed by atoms with van der Waals surface area (Å²) in [6, 6.07) is 2.68. The Morgan fingerprint density at radius 3 is 1.54 bits per heavy atom. The molecule has 0 unspecified atom stereocenters. The maximum atomic E-state index is 13.4. The van der Waals surface area contributed by atoms with Crippen LogP contribution in [-0.4, -0.2) is 76.6 Å². The molecule has 0 aromatic heterocycles. The molecule has 0 spiro atoms. The first kappa shape index (κ1) is 39.7. The summed E-state index contributed by atoms with van der Waals surface area (Å²) >= 11 is 0. The lowest BCUT2D eigenvalue weighted by molar-refractivity contribution is -0.144. The van der Waals surface area contributed by atoms with Crippen molar-refractivity contribution in [2.45, 2.75) is 105 Å². The fraction of sp³-hybridized carbons (Fsp3) is 0.606. The first-order valence-corrected chi connectivity index (χ1v) is 15.8. The Hall–Kier alpha value is -4.29.